The lowest BCUT2D eigenvalue weighted by molar-refractivity contribution is -0.384. The summed E-state index contributed by atoms with van der Waals surface area (Å²) in [7, 11) is 0. The van der Waals surface area contributed by atoms with Gasteiger partial charge < -0.3 is 0 Å². The molecule has 3 aromatic rings. The van der Waals surface area contributed by atoms with E-state index in [1.165, 1.54) is 16.9 Å². The highest BCUT2D eigenvalue weighted by Crippen LogP contribution is 2.20. The SMILES string of the molecule is O=[N+]([O-])c1cccc(-c2nnn(Cc3ccc(Cl)cc3)n2)c1. The molecular formula is C14H10ClN5O2. The molecule has 0 atom stereocenters. The molecule has 0 aliphatic carbocycles. The molecule has 0 saturated heterocycles. The van der Waals surface area contributed by atoms with E-state index in [0.717, 1.165) is 5.56 Å². The number of nitrogens with zero attached hydrogens (tertiary/aromatic N) is 5. The third-order valence-electron chi connectivity index (χ3n) is 3.01. The number of hydrogen-bond donors (Lipinski definition) is 0. The second-order valence-electron chi connectivity index (χ2n) is 4.58. The average Bonchev–Trinajstić information content (AvgIpc) is 2.98. The van der Waals surface area contributed by atoms with Crippen LogP contribution in [0.2, 0.25) is 5.02 Å². The molecular weight excluding hydrogens is 306 g/mol. The van der Waals surface area contributed by atoms with Crippen LogP contribution in [0.25, 0.3) is 11.4 Å². The van der Waals surface area contributed by atoms with Gasteiger partial charge in [-0.2, -0.15) is 4.80 Å². The molecule has 0 unspecified atom stereocenters. The van der Waals surface area contributed by atoms with Gasteiger partial charge in [-0.25, -0.2) is 0 Å². The van der Waals surface area contributed by atoms with Crippen LogP contribution in [0, 0.1) is 10.1 Å². The Hall–Kier alpha value is -2.80. The zero-order valence-corrected chi connectivity index (χ0v) is 12.0. The molecule has 1 heterocycles. The lowest BCUT2D eigenvalue weighted by Gasteiger charge is -1.99. The standard InChI is InChI=1S/C14H10ClN5O2/c15-12-6-4-10(5-7-12)9-19-17-14(16-18-19)11-2-1-3-13(8-11)20(21)22/h1-8H,9H2. The quantitative estimate of drug-likeness (QED) is 0.545. The summed E-state index contributed by atoms with van der Waals surface area (Å²) in [6.45, 7) is 0.444. The van der Waals surface area contributed by atoms with Gasteiger partial charge in [0.2, 0.25) is 5.82 Å². The van der Waals surface area contributed by atoms with Crippen LogP contribution in [-0.4, -0.2) is 25.1 Å². The lowest BCUT2D eigenvalue weighted by Crippen LogP contribution is -2.03. The van der Waals surface area contributed by atoms with E-state index < -0.39 is 4.92 Å². The average molecular weight is 316 g/mol. The Kier molecular flexibility index (Phi) is 3.80. The smallest absolute Gasteiger partial charge is 0.258 e. The monoisotopic (exact) mass is 315 g/mol. The van der Waals surface area contributed by atoms with Gasteiger partial charge in [-0.05, 0) is 22.9 Å². The van der Waals surface area contributed by atoms with Crippen molar-refractivity contribution in [1.29, 1.82) is 0 Å². The summed E-state index contributed by atoms with van der Waals surface area (Å²) in [5.41, 5.74) is 1.52. The maximum absolute atomic E-state index is 10.8. The molecule has 0 spiro atoms. The first kappa shape index (κ1) is 14.2. The molecule has 22 heavy (non-hydrogen) atoms. The van der Waals surface area contributed by atoms with Gasteiger partial charge in [-0.15, -0.1) is 10.2 Å². The molecule has 3 rings (SSSR count). The minimum atomic E-state index is -0.457. The number of tetrazole rings is 1. The molecule has 1 aromatic heterocycles. The number of non-ortho nitro benzene ring substituents is 1. The molecule has 110 valence electrons. The van der Waals surface area contributed by atoms with E-state index in [-0.39, 0.29) is 5.69 Å². The van der Waals surface area contributed by atoms with Gasteiger partial charge in [0.25, 0.3) is 5.69 Å². The van der Waals surface area contributed by atoms with Crippen LogP contribution < -0.4 is 0 Å². The fourth-order valence-electron chi connectivity index (χ4n) is 1.94. The summed E-state index contributed by atoms with van der Waals surface area (Å²) in [5, 5.41) is 23.6. The molecule has 0 saturated carbocycles. The second-order valence-corrected chi connectivity index (χ2v) is 5.01. The predicted molar refractivity (Wildman–Crippen MR) is 80.5 cm³/mol. The molecule has 0 aliphatic rings. The topological polar surface area (TPSA) is 86.7 Å². The third-order valence-corrected chi connectivity index (χ3v) is 3.26. The Bertz CT molecular complexity index is 816. The van der Waals surface area contributed by atoms with Gasteiger partial charge in [0.05, 0.1) is 11.5 Å². The number of hydrogen-bond acceptors (Lipinski definition) is 5. The van der Waals surface area contributed by atoms with Crippen molar-refractivity contribution < 1.29 is 4.92 Å². The van der Waals surface area contributed by atoms with E-state index in [0.29, 0.717) is 23.0 Å². The highest BCUT2D eigenvalue weighted by atomic mass is 35.5. The van der Waals surface area contributed by atoms with Crippen molar-refractivity contribution in [3.8, 4) is 11.4 Å². The van der Waals surface area contributed by atoms with E-state index in [2.05, 4.69) is 15.4 Å². The van der Waals surface area contributed by atoms with Gasteiger partial charge >= 0.3 is 0 Å². The molecule has 0 amide bonds. The van der Waals surface area contributed by atoms with Crippen molar-refractivity contribution >= 4 is 17.3 Å². The Morgan fingerprint density at radius 2 is 1.95 bits per heavy atom. The summed E-state index contributed by atoms with van der Waals surface area (Å²) in [6.07, 6.45) is 0. The number of nitro benzene ring substituents is 1. The number of halogens is 1. The summed E-state index contributed by atoms with van der Waals surface area (Å²) in [5.74, 6) is 0.345. The van der Waals surface area contributed by atoms with Gasteiger partial charge in [-0.1, -0.05) is 35.9 Å². The zero-order valence-electron chi connectivity index (χ0n) is 11.3. The Morgan fingerprint density at radius 3 is 2.68 bits per heavy atom. The van der Waals surface area contributed by atoms with Gasteiger partial charge in [0, 0.05) is 22.7 Å². The van der Waals surface area contributed by atoms with Crippen molar-refractivity contribution in [1.82, 2.24) is 20.2 Å². The Morgan fingerprint density at radius 1 is 1.18 bits per heavy atom. The number of aromatic nitrogens is 4. The normalized spacial score (nSPS) is 10.6. The highest BCUT2D eigenvalue weighted by Gasteiger charge is 2.11. The van der Waals surface area contributed by atoms with E-state index in [9.17, 15) is 10.1 Å². The Balaban J connectivity index is 1.83. The fraction of sp³-hybridized carbons (Fsp3) is 0.0714. The lowest BCUT2D eigenvalue weighted by atomic mass is 10.2. The maximum atomic E-state index is 10.8. The molecule has 7 nitrogen and oxygen atoms in total. The summed E-state index contributed by atoms with van der Waals surface area (Å²) in [6, 6.07) is 13.5. The molecule has 0 aliphatic heterocycles. The van der Waals surface area contributed by atoms with Gasteiger partial charge in [0.1, 0.15) is 0 Å². The van der Waals surface area contributed by atoms with Gasteiger partial charge in [0.15, 0.2) is 0 Å². The number of benzene rings is 2. The molecule has 0 N–H and O–H groups in total. The van der Waals surface area contributed by atoms with Crippen LogP contribution in [0.5, 0.6) is 0 Å². The van der Waals surface area contributed by atoms with E-state index >= 15 is 0 Å². The second kappa shape index (κ2) is 5.90. The maximum Gasteiger partial charge on any atom is 0.270 e. The largest absolute Gasteiger partial charge is 0.270 e. The van der Waals surface area contributed by atoms with Crippen LogP contribution in [0.4, 0.5) is 5.69 Å². The number of nitro groups is 1. The van der Waals surface area contributed by atoms with Gasteiger partial charge in [-0.3, -0.25) is 10.1 Å². The van der Waals surface area contributed by atoms with Crippen LogP contribution in [0.3, 0.4) is 0 Å². The summed E-state index contributed by atoms with van der Waals surface area (Å²) >= 11 is 5.83. The molecule has 0 bridgehead atoms. The minimum Gasteiger partial charge on any atom is -0.258 e. The van der Waals surface area contributed by atoms with Crippen LogP contribution in [0.15, 0.2) is 48.5 Å². The third kappa shape index (κ3) is 3.09. The molecule has 0 radical (unpaired) electrons. The van der Waals surface area contributed by atoms with E-state index in [4.69, 9.17) is 11.6 Å². The molecule has 2 aromatic carbocycles. The predicted octanol–water partition coefficient (Wildman–Crippen LogP) is 2.95. The van der Waals surface area contributed by atoms with Crippen LogP contribution in [-0.2, 0) is 6.54 Å². The fourth-order valence-corrected chi connectivity index (χ4v) is 2.06. The van der Waals surface area contributed by atoms with Crippen molar-refractivity contribution in [2.45, 2.75) is 6.54 Å². The van der Waals surface area contributed by atoms with E-state index in [1.54, 1.807) is 24.3 Å². The zero-order chi connectivity index (χ0) is 15.5. The van der Waals surface area contributed by atoms with Crippen LogP contribution in [0.1, 0.15) is 5.56 Å². The van der Waals surface area contributed by atoms with Crippen molar-refractivity contribution in [2.24, 2.45) is 0 Å². The highest BCUT2D eigenvalue weighted by molar-refractivity contribution is 6.30. The summed E-state index contributed by atoms with van der Waals surface area (Å²) in [4.78, 5) is 11.8. The first-order chi connectivity index (χ1) is 10.6. The Labute approximate surface area is 130 Å². The van der Waals surface area contributed by atoms with Crippen molar-refractivity contribution in [3.05, 3.63) is 69.2 Å². The van der Waals surface area contributed by atoms with E-state index in [1.807, 2.05) is 12.1 Å². The minimum absolute atomic E-state index is 0.00782. The van der Waals surface area contributed by atoms with Crippen molar-refractivity contribution in [3.63, 3.8) is 0 Å². The number of rotatable bonds is 4. The first-order valence-electron chi connectivity index (χ1n) is 6.39. The van der Waals surface area contributed by atoms with Crippen molar-refractivity contribution in [2.75, 3.05) is 0 Å². The van der Waals surface area contributed by atoms with Crippen LogP contribution >= 0.6 is 11.6 Å². The summed E-state index contributed by atoms with van der Waals surface area (Å²) < 4.78 is 0. The molecule has 8 heteroatoms. The first-order valence-corrected chi connectivity index (χ1v) is 6.77. The molecule has 0 fully saturated rings.